The van der Waals surface area contributed by atoms with E-state index in [1.807, 2.05) is 13.0 Å². The van der Waals surface area contributed by atoms with E-state index in [-0.39, 0.29) is 23.3 Å². The average molecular weight is 526 g/mol. The molecule has 39 heavy (non-hydrogen) atoms. The van der Waals surface area contributed by atoms with Gasteiger partial charge in [-0.05, 0) is 42.3 Å². The highest BCUT2D eigenvalue weighted by Crippen LogP contribution is 2.30. The van der Waals surface area contributed by atoms with Gasteiger partial charge in [0.1, 0.15) is 29.9 Å². The molecule has 5 aromatic rings. The first-order valence-corrected chi connectivity index (χ1v) is 12.0. The zero-order valence-electron chi connectivity index (χ0n) is 21.5. The maximum absolute atomic E-state index is 13.4. The van der Waals surface area contributed by atoms with Gasteiger partial charge in [-0.2, -0.15) is 4.73 Å². The van der Waals surface area contributed by atoms with Crippen LogP contribution in [0.4, 0.5) is 4.39 Å². The number of hydrogen-bond donors (Lipinski definition) is 0. The van der Waals surface area contributed by atoms with Crippen molar-refractivity contribution in [2.24, 2.45) is 0 Å². The van der Waals surface area contributed by atoms with Crippen LogP contribution in [0.15, 0.2) is 84.0 Å². The normalized spacial score (nSPS) is 10.9. The number of halogens is 1. The Balaban J connectivity index is 1.37. The number of methoxy groups -OCH3 is 1. The van der Waals surface area contributed by atoms with Crippen molar-refractivity contribution in [2.75, 3.05) is 14.2 Å². The third-order valence-electron chi connectivity index (χ3n) is 6.22. The molecule has 5 rings (SSSR count). The van der Waals surface area contributed by atoms with Crippen LogP contribution in [-0.4, -0.2) is 34.7 Å². The quantitative estimate of drug-likeness (QED) is 0.258. The van der Waals surface area contributed by atoms with Gasteiger partial charge in [0.25, 0.3) is 0 Å². The number of carbonyl (C=O) groups excluding carboxylic acids is 1. The van der Waals surface area contributed by atoms with E-state index in [1.54, 1.807) is 43.6 Å². The zero-order valence-corrected chi connectivity index (χ0v) is 21.5. The summed E-state index contributed by atoms with van der Waals surface area (Å²) in [5.41, 5.74) is 2.89. The van der Waals surface area contributed by atoms with E-state index in [4.69, 9.17) is 14.3 Å². The van der Waals surface area contributed by atoms with Crippen molar-refractivity contribution in [1.82, 2.24) is 14.7 Å². The molecule has 0 saturated carbocycles. The van der Waals surface area contributed by atoms with E-state index in [1.165, 1.54) is 48.5 Å². The van der Waals surface area contributed by atoms with Crippen LogP contribution in [0.3, 0.4) is 0 Å². The number of pyridine rings is 3. The smallest absolute Gasteiger partial charge is 0.200 e. The molecule has 3 aromatic heterocycles. The molecule has 196 valence electrons. The molecule has 0 aliphatic carbocycles. The minimum Gasteiger partial charge on any atom is -0.495 e. The van der Waals surface area contributed by atoms with Gasteiger partial charge in [-0.1, -0.05) is 24.3 Å². The maximum atomic E-state index is 13.4. The van der Waals surface area contributed by atoms with Crippen LogP contribution in [-0.2, 0) is 6.42 Å². The molecule has 0 atom stereocenters. The van der Waals surface area contributed by atoms with E-state index in [2.05, 4.69) is 9.97 Å². The van der Waals surface area contributed by atoms with Crippen LogP contribution in [0.25, 0.3) is 22.2 Å². The number of aryl methyl sites for hydroxylation is 1. The molecule has 0 fully saturated rings. The van der Waals surface area contributed by atoms with Gasteiger partial charge in [0.05, 0.1) is 36.3 Å². The molecule has 0 radical (unpaired) electrons. The summed E-state index contributed by atoms with van der Waals surface area (Å²) >= 11 is 0. The summed E-state index contributed by atoms with van der Waals surface area (Å²) in [7, 11) is 3.00. The second-order valence-corrected chi connectivity index (χ2v) is 8.76. The predicted octanol–water partition coefficient (Wildman–Crippen LogP) is 5.19. The molecular weight excluding hydrogens is 501 g/mol. The van der Waals surface area contributed by atoms with Crippen LogP contribution in [0, 0.1) is 12.7 Å². The Morgan fingerprint density at radius 2 is 1.72 bits per heavy atom. The molecule has 0 amide bonds. The first-order chi connectivity index (χ1) is 18.9. The van der Waals surface area contributed by atoms with Crippen molar-refractivity contribution in [3.8, 4) is 28.4 Å². The first-order valence-electron chi connectivity index (χ1n) is 12.0. The molecule has 0 aliphatic rings. The summed E-state index contributed by atoms with van der Waals surface area (Å²) in [5, 5.41) is 0. The van der Waals surface area contributed by atoms with Crippen LogP contribution in [0.5, 0.6) is 17.2 Å². The first kappa shape index (κ1) is 25.6. The Bertz CT molecular complexity index is 1730. The van der Waals surface area contributed by atoms with E-state index < -0.39 is 11.2 Å². The van der Waals surface area contributed by atoms with Crippen molar-refractivity contribution in [3.63, 3.8) is 0 Å². The summed E-state index contributed by atoms with van der Waals surface area (Å²) in [6.07, 6.45) is 4.44. The van der Waals surface area contributed by atoms with Crippen LogP contribution >= 0.6 is 0 Å². The molecule has 0 bridgehead atoms. The zero-order chi connectivity index (χ0) is 27.5. The standard InChI is InChI=1S/C30H24FN3O5/c1-18-28(37-2)15-25-29(33-18)27(12-13-32-25)39-22-10-4-19(5-11-22)14-26(35)24-17-34(38-3)16-23(30(24)36)20-6-8-21(31)9-7-20/h4-13,15-17H,14H2,1-3H3. The highest BCUT2D eigenvalue weighted by Gasteiger charge is 2.17. The fourth-order valence-corrected chi connectivity index (χ4v) is 4.19. The number of nitrogens with zero attached hydrogens (tertiary/aromatic N) is 3. The number of fused-ring (bicyclic) bond motifs is 1. The fraction of sp³-hybridized carbons (Fsp3) is 0.133. The Kier molecular flexibility index (Phi) is 7.05. The molecule has 2 aromatic carbocycles. The van der Waals surface area contributed by atoms with E-state index in [9.17, 15) is 14.0 Å². The predicted molar refractivity (Wildman–Crippen MR) is 144 cm³/mol. The van der Waals surface area contributed by atoms with Gasteiger partial charge in [0.15, 0.2) is 17.0 Å². The number of ketones is 1. The van der Waals surface area contributed by atoms with Gasteiger partial charge < -0.3 is 14.3 Å². The monoisotopic (exact) mass is 525 g/mol. The second kappa shape index (κ2) is 10.7. The molecule has 0 aliphatic heterocycles. The summed E-state index contributed by atoms with van der Waals surface area (Å²) in [6.45, 7) is 1.84. The van der Waals surface area contributed by atoms with Crippen molar-refractivity contribution in [3.05, 3.63) is 112 Å². The van der Waals surface area contributed by atoms with E-state index in [0.717, 1.165) is 0 Å². The van der Waals surface area contributed by atoms with Gasteiger partial charge in [0, 0.05) is 30.3 Å². The minimum atomic E-state index is -0.455. The second-order valence-electron chi connectivity index (χ2n) is 8.76. The number of Topliss-reactive ketones (excluding diaryl/α,β-unsaturated/α-hetero) is 1. The van der Waals surface area contributed by atoms with Crippen LogP contribution in [0.2, 0.25) is 0 Å². The molecule has 0 saturated heterocycles. The van der Waals surface area contributed by atoms with Gasteiger partial charge in [-0.25, -0.2) is 9.37 Å². The van der Waals surface area contributed by atoms with Gasteiger partial charge in [0.2, 0.25) is 0 Å². The van der Waals surface area contributed by atoms with Crippen molar-refractivity contribution in [1.29, 1.82) is 0 Å². The molecule has 0 N–H and O–H groups in total. The van der Waals surface area contributed by atoms with Gasteiger partial charge in [-0.3, -0.25) is 14.6 Å². The third kappa shape index (κ3) is 5.33. The lowest BCUT2D eigenvalue weighted by Gasteiger charge is -2.12. The van der Waals surface area contributed by atoms with Crippen molar-refractivity contribution in [2.45, 2.75) is 13.3 Å². The minimum absolute atomic E-state index is 0.00909. The number of carbonyl (C=O) groups is 1. The fourth-order valence-electron chi connectivity index (χ4n) is 4.19. The lowest BCUT2D eigenvalue weighted by molar-refractivity contribution is 0.0986. The molecule has 3 heterocycles. The number of aromatic nitrogens is 3. The Morgan fingerprint density at radius 3 is 2.41 bits per heavy atom. The Labute approximate surface area is 223 Å². The number of benzene rings is 2. The maximum Gasteiger partial charge on any atom is 0.200 e. The molecular formula is C30H24FN3O5. The SMILES string of the molecule is COc1cc2nccc(Oc3ccc(CC(=O)c4cn(OC)cc(-c5ccc(F)cc5)c4=O)cc3)c2nc1C. The number of rotatable bonds is 8. The van der Waals surface area contributed by atoms with Crippen LogP contribution in [0.1, 0.15) is 21.6 Å². The lowest BCUT2D eigenvalue weighted by Crippen LogP contribution is -2.22. The van der Waals surface area contributed by atoms with Gasteiger partial charge in [-0.15, -0.1) is 0 Å². The van der Waals surface area contributed by atoms with Crippen molar-refractivity contribution < 1.29 is 23.5 Å². The number of hydrogen-bond acceptors (Lipinski definition) is 7. The topological polar surface area (TPSA) is 92.5 Å². The summed E-state index contributed by atoms with van der Waals surface area (Å²) < 4.78 is 26.1. The highest BCUT2D eigenvalue weighted by molar-refractivity contribution is 5.98. The lowest BCUT2D eigenvalue weighted by atomic mass is 10.00. The molecule has 0 unspecified atom stereocenters. The van der Waals surface area contributed by atoms with Crippen LogP contribution < -0.4 is 19.7 Å². The van der Waals surface area contributed by atoms with Gasteiger partial charge >= 0.3 is 0 Å². The average Bonchev–Trinajstić information content (AvgIpc) is 2.94. The Hall–Kier alpha value is -5.05. The number of ether oxygens (including phenoxy) is 2. The molecule has 8 nitrogen and oxygen atoms in total. The molecule has 0 spiro atoms. The highest BCUT2D eigenvalue weighted by atomic mass is 19.1. The summed E-state index contributed by atoms with van der Waals surface area (Å²) in [5.74, 6) is 0.925. The summed E-state index contributed by atoms with van der Waals surface area (Å²) in [6, 6.07) is 16.0. The molecule has 9 heteroatoms. The van der Waals surface area contributed by atoms with E-state index >= 15 is 0 Å². The third-order valence-corrected chi connectivity index (χ3v) is 6.22. The summed E-state index contributed by atoms with van der Waals surface area (Å²) in [4.78, 5) is 40.5. The van der Waals surface area contributed by atoms with Crippen molar-refractivity contribution >= 4 is 16.8 Å². The van der Waals surface area contributed by atoms with E-state index in [0.29, 0.717) is 45.1 Å². The largest absolute Gasteiger partial charge is 0.495 e. The Morgan fingerprint density at radius 1 is 0.974 bits per heavy atom.